The van der Waals surface area contributed by atoms with Gasteiger partial charge in [0.25, 0.3) is 5.91 Å². The molecule has 27 heavy (non-hydrogen) atoms. The van der Waals surface area contributed by atoms with Gasteiger partial charge >= 0.3 is 0 Å². The summed E-state index contributed by atoms with van der Waals surface area (Å²) < 4.78 is 9.16. The van der Waals surface area contributed by atoms with Gasteiger partial charge in [-0.1, -0.05) is 0 Å². The molecule has 0 bridgehead atoms. The van der Waals surface area contributed by atoms with E-state index in [0.717, 1.165) is 33.6 Å². The van der Waals surface area contributed by atoms with E-state index in [4.69, 9.17) is 10.2 Å². The highest BCUT2D eigenvalue weighted by Crippen LogP contribution is 2.32. The van der Waals surface area contributed by atoms with Crippen LogP contribution in [0.15, 0.2) is 41.3 Å². The van der Waals surface area contributed by atoms with Crippen molar-refractivity contribution < 1.29 is 9.21 Å². The van der Waals surface area contributed by atoms with E-state index in [0.29, 0.717) is 11.3 Å². The predicted octanol–water partition coefficient (Wildman–Crippen LogP) is 3.26. The maximum atomic E-state index is 11.3. The van der Waals surface area contributed by atoms with Crippen molar-refractivity contribution in [2.24, 2.45) is 12.8 Å². The molecule has 0 radical (unpaired) electrons. The molecule has 0 atom stereocenters. The number of furan rings is 1. The van der Waals surface area contributed by atoms with Crippen molar-refractivity contribution in [3.8, 4) is 22.5 Å². The normalized spacial score (nSPS) is 10.7. The molecule has 0 aromatic carbocycles. The number of carbonyl (C=O) groups excluding carboxylic acids is 1. The van der Waals surface area contributed by atoms with Gasteiger partial charge in [0, 0.05) is 35.6 Å². The van der Waals surface area contributed by atoms with Crippen LogP contribution in [0.1, 0.15) is 21.7 Å². The molecule has 7 nitrogen and oxygen atoms in total. The lowest BCUT2D eigenvalue weighted by molar-refractivity contribution is 0.0999. The zero-order chi connectivity index (χ0) is 19.7. The molecule has 0 unspecified atom stereocenters. The first-order valence-corrected chi connectivity index (χ1v) is 9.16. The number of thiol groups is 1. The Morgan fingerprint density at radius 1 is 1.26 bits per heavy atom. The SMILES string of the molecule is CS.Cc1nn(C)c(C)c1-c1cnn2ccc(-c3cc(C(N)=O)co3)cc12. The van der Waals surface area contributed by atoms with E-state index in [1.807, 2.05) is 54.6 Å². The maximum absolute atomic E-state index is 11.3. The van der Waals surface area contributed by atoms with E-state index in [9.17, 15) is 4.79 Å². The Hall–Kier alpha value is -3.00. The molecule has 1 amide bonds. The number of nitrogens with two attached hydrogens (primary N) is 1. The largest absolute Gasteiger partial charge is 0.464 e. The van der Waals surface area contributed by atoms with Crippen LogP contribution in [0.4, 0.5) is 0 Å². The predicted molar refractivity (Wildman–Crippen MR) is 108 cm³/mol. The lowest BCUT2D eigenvalue weighted by Crippen LogP contribution is -2.09. The van der Waals surface area contributed by atoms with Gasteiger partial charge in [-0.2, -0.15) is 22.8 Å². The van der Waals surface area contributed by atoms with Gasteiger partial charge in [0.2, 0.25) is 0 Å². The van der Waals surface area contributed by atoms with E-state index in [2.05, 4.69) is 22.8 Å². The highest BCUT2D eigenvalue weighted by molar-refractivity contribution is 7.79. The molecular weight excluding hydrogens is 362 g/mol. The van der Waals surface area contributed by atoms with Gasteiger partial charge in [-0.3, -0.25) is 9.48 Å². The van der Waals surface area contributed by atoms with Gasteiger partial charge in [-0.05, 0) is 38.3 Å². The average molecular weight is 383 g/mol. The fraction of sp³-hybridized carbons (Fsp3) is 0.211. The molecule has 0 aliphatic rings. The molecule has 4 rings (SSSR count). The molecular formula is C19H21N5O2S. The monoisotopic (exact) mass is 383 g/mol. The van der Waals surface area contributed by atoms with E-state index in [1.54, 1.807) is 12.3 Å². The molecule has 4 aromatic rings. The number of pyridine rings is 1. The van der Waals surface area contributed by atoms with Crippen LogP contribution in [0.2, 0.25) is 0 Å². The smallest absolute Gasteiger partial charge is 0.251 e. The Bertz CT molecular complexity index is 1120. The van der Waals surface area contributed by atoms with Gasteiger partial charge in [0.1, 0.15) is 12.0 Å². The molecule has 0 aliphatic heterocycles. The minimum Gasteiger partial charge on any atom is -0.464 e. The number of aromatic nitrogens is 4. The number of aryl methyl sites for hydroxylation is 2. The van der Waals surface area contributed by atoms with Crippen LogP contribution in [-0.4, -0.2) is 31.6 Å². The molecule has 2 N–H and O–H groups in total. The molecule has 8 heteroatoms. The lowest BCUT2D eigenvalue weighted by Gasteiger charge is -2.03. The summed E-state index contributed by atoms with van der Waals surface area (Å²) in [5.74, 6) is 0.0748. The Balaban J connectivity index is 0.00000102. The molecule has 0 fully saturated rings. The second kappa shape index (κ2) is 7.32. The van der Waals surface area contributed by atoms with Gasteiger partial charge in [-0.15, -0.1) is 0 Å². The number of carbonyl (C=O) groups is 1. The zero-order valence-corrected chi connectivity index (χ0v) is 16.5. The summed E-state index contributed by atoms with van der Waals surface area (Å²) in [6.07, 6.45) is 6.77. The van der Waals surface area contributed by atoms with E-state index in [-0.39, 0.29) is 0 Å². The molecule has 0 saturated carbocycles. The molecule has 0 saturated heterocycles. The van der Waals surface area contributed by atoms with E-state index < -0.39 is 5.91 Å². The van der Waals surface area contributed by atoms with Crippen LogP contribution in [-0.2, 0) is 7.05 Å². The van der Waals surface area contributed by atoms with Gasteiger partial charge in [-0.25, -0.2) is 4.52 Å². The first-order chi connectivity index (χ1) is 13.0. The molecule has 140 valence electrons. The fourth-order valence-corrected chi connectivity index (χ4v) is 3.11. The third-order valence-corrected chi connectivity index (χ3v) is 4.47. The van der Waals surface area contributed by atoms with Crippen molar-refractivity contribution in [2.75, 3.05) is 6.26 Å². The minimum absolute atomic E-state index is 0.350. The lowest BCUT2D eigenvalue weighted by atomic mass is 10.0. The van der Waals surface area contributed by atoms with Crippen LogP contribution >= 0.6 is 12.6 Å². The topological polar surface area (TPSA) is 91.4 Å². The number of primary amides is 1. The van der Waals surface area contributed by atoms with Crippen molar-refractivity contribution in [1.82, 2.24) is 19.4 Å². The molecule has 4 aromatic heterocycles. The van der Waals surface area contributed by atoms with Crippen molar-refractivity contribution in [1.29, 1.82) is 0 Å². The quantitative estimate of drug-likeness (QED) is 0.531. The van der Waals surface area contributed by atoms with Crippen molar-refractivity contribution in [3.63, 3.8) is 0 Å². The standard InChI is InChI=1S/C18H17N5O2.CH4S/c1-10-17(11(2)22(3)21-10)14-8-20-23-5-4-12(6-15(14)23)16-7-13(9-25-16)18(19)24;1-2/h4-9H,1-3H3,(H2,19,24);2H,1H3. The van der Waals surface area contributed by atoms with E-state index >= 15 is 0 Å². The summed E-state index contributed by atoms with van der Waals surface area (Å²) in [6, 6.07) is 5.51. The number of amides is 1. The summed E-state index contributed by atoms with van der Waals surface area (Å²) in [4.78, 5) is 11.3. The molecule has 0 aliphatic carbocycles. The summed E-state index contributed by atoms with van der Waals surface area (Å²) in [5, 5.41) is 8.92. The summed E-state index contributed by atoms with van der Waals surface area (Å²) in [5.41, 5.74) is 11.5. The highest BCUT2D eigenvalue weighted by atomic mass is 32.1. The zero-order valence-electron chi connectivity index (χ0n) is 15.6. The second-order valence-electron chi connectivity index (χ2n) is 6.04. The van der Waals surface area contributed by atoms with Crippen LogP contribution in [0.25, 0.3) is 28.0 Å². The van der Waals surface area contributed by atoms with Crippen molar-refractivity contribution in [2.45, 2.75) is 13.8 Å². The van der Waals surface area contributed by atoms with Crippen molar-refractivity contribution in [3.05, 3.63) is 53.8 Å². The first kappa shape index (κ1) is 18.8. The third kappa shape index (κ3) is 3.23. The molecule has 4 heterocycles. The Kier molecular flexibility index (Phi) is 5.09. The van der Waals surface area contributed by atoms with Crippen LogP contribution in [0, 0.1) is 13.8 Å². The summed E-state index contributed by atoms with van der Waals surface area (Å²) in [6.45, 7) is 4.02. The highest BCUT2D eigenvalue weighted by Gasteiger charge is 2.17. The Labute approximate surface area is 162 Å². The van der Waals surface area contributed by atoms with Crippen LogP contribution < -0.4 is 5.73 Å². The van der Waals surface area contributed by atoms with Gasteiger partial charge < -0.3 is 10.2 Å². The third-order valence-electron chi connectivity index (χ3n) is 4.47. The average Bonchev–Trinajstić information content (AvgIpc) is 3.35. The maximum Gasteiger partial charge on any atom is 0.251 e. The second-order valence-corrected chi connectivity index (χ2v) is 6.04. The summed E-state index contributed by atoms with van der Waals surface area (Å²) >= 11 is 3.53. The summed E-state index contributed by atoms with van der Waals surface area (Å²) in [7, 11) is 1.93. The molecule has 0 spiro atoms. The number of fused-ring (bicyclic) bond motifs is 1. The Morgan fingerprint density at radius 3 is 2.59 bits per heavy atom. The van der Waals surface area contributed by atoms with Crippen LogP contribution in [0.3, 0.4) is 0 Å². The number of hydrogen-bond acceptors (Lipinski definition) is 5. The van der Waals surface area contributed by atoms with Gasteiger partial charge in [0.05, 0.1) is 23.0 Å². The first-order valence-electron chi connectivity index (χ1n) is 8.27. The number of hydrogen-bond donors (Lipinski definition) is 2. The number of nitrogens with zero attached hydrogens (tertiary/aromatic N) is 4. The fourth-order valence-electron chi connectivity index (χ4n) is 3.11. The minimum atomic E-state index is -0.511. The van der Waals surface area contributed by atoms with Crippen LogP contribution in [0.5, 0.6) is 0 Å². The van der Waals surface area contributed by atoms with E-state index in [1.165, 1.54) is 6.26 Å². The Morgan fingerprint density at radius 2 is 2.00 bits per heavy atom. The van der Waals surface area contributed by atoms with Gasteiger partial charge in [0.15, 0.2) is 0 Å². The van der Waals surface area contributed by atoms with Crippen molar-refractivity contribution >= 4 is 24.1 Å². The number of rotatable bonds is 3.